The first-order valence-electron chi connectivity index (χ1n) is 17.1. The van der Waals surface area contributed by atoms with Crippen LogP contribution in [0.2, 0.25) is 0 Å². The lowest BCUT2D eigenvalue weighted by Gasteiger charge is -2.42. The minimum atomic E-state index is -0.695. The third kappa shape index (κ3) is 9.73. The lowest BCUT2D eigenvalue weighted by molar-refractivity contribution is -0.134. The number of rotatable bonds is 6. The highest BCUT2D eigenvalue weighted by Gasteiger charge is 2.38. The summed E-state index contributed by atoms with van der Waals surface area (Å²) in [5.74, 6) is -0.000170. The molecule has 48 heavy (non-hydrogen) atoms. The van der Waals surface area contributed by atoms with Gasteiger partial charge in [-0.2, -0.15) is 5.10 Å². The van der Waals surface area contributed by atoms with Crippen molar-refractivity contribution in [3.05, 3.63) is 47.8 Å². The van der Waals surface area contributed by atoms with E-state index in [0.717, 1.165) is 37.7 Å². The number of benzene rings is 1. The van der Waals surface area contributed by atoms with Gasteiger partial charge in [-0.3, -0.25) is 19.1 Å². The van der Waals surface area contributed by atoms with Gasteiger partial charge in [0.05, 0.1) is 18.4 Å². The third-order valence-electron chi connectivity index (χ3n) is 9.48. The number of ether oxygens (including phenoxy) is 2. The molecule has 2 aromatic rings. The molecule has 1 saturated heterocycles. The van der Waals surface area contributed by atoms with Crippen LogP contribution < -0.4 is 4.74 Å². The Morgan fingerprint density at radius 1 is 1.06 bits per heavy atom. The van der Waals surface area contributed by atoms with E-state index >= 15 is 0 Å². The van der Waals surface area contributed by atoms with E-state index in [1.807, 2.05) is 40.0 Å². The van der Waals surface area contributed by atoms with Gasteiger partial charge in [0.2, 0.25) is 11.8 Å². The van der Waals surface area contributed by atoms with E-state index < -0.39 is 11.6 Å². The van der Waals surface area contributed by atoms with Gasteiger partial charge in [0.15, 0.2) is 0 Å². The smallest absolute Gasteiger partial charge is 0.410 e. The molecule has 2 aliphatic rings. The summed E-state index contributed by atoms with van der Waals surface area (Å²) in [5.41, 5.74) is 0.666. The van der Waals surface area contributed by atoms with Gasteiger partial charge in [-0.25, -0.2) is 4.79 Å². The molecule has 1 aromatic heterocycles. The number of fused-ring (bicyclic) bond motifs is 1. The van der Waals surface area contributed by atoms with E-state index in [-0.39, 0.29) is 35.8 Å². The average molecular weight is 667 g/mol. The first kappa shape index (κ1) is 36.7. The van der Waals surface area contributed by atoms with Gasteiger partial charge in [0, 0.05) is 58.9 Å². The zero-order valence-corrected chi connectivity index (χ0v) is 29.9. The van der Waals surface area contributed by atoms with Crippen molar-refractivity contribution < 1.29 is 28.7 Å². The van der Waals surface area contributed by atoms with Crippen molar-refractivity contribution in [2.24, 2.45) is 5.41 Å². The Labute approximate surface area is 285 Å². The standard InChI is InChI=1S/C36H54N6O6/c1-27-23-37-42(24-27)25-31(43)38(5)20-12-14-29-33(45)39(6)19-11-10-16-36(17-21-41(22-18-36)34(46)48-35(2,3)4)26-47-30-15-9-8-13-28(30)32(44)40(29)7/h8-9,13,15,23-24,29H,10-12,14,16-22,25-26H2,1-7H3/t29-/m0/s1. The van der Waals surface area contributed by atoms with Crippen LogP contribution in [-0.2, 0) is 20.9 Å². The van der Waals surface area contributed by atoms with Crippen LogP contribution in [0.5, 0.6) is 5.75 Å². The van der Waals surface area contributed by atoms with Crippen LogP contribution in [0.3, 0.4) is 0 Å². The molecule has 3 heterocycles. The second kappa shape index (κ2) is 15.9. The molecule has 1 aromatic carbocycles. The summed E-state index contributed by atoms with van der Waals surface area (Å²) in [6.45, 7) is 10.3. The van der Waals surface area contributed by atoms with Crippen LogP contribution >= 0.6 is 0 Å². The molecule has 4 rings (SSSR count). The Bertz CT molecular complexity index is 1430. The molecule has 0 radical (unpaired) electrons. The summed E-state index contributed by atoms with van der Waals surface area (Å²) in [6.07, 6.45) is 8.32. The Morgan fingerprint density at radius 2 is 1.77 bits per heavy atom. The van der Waals surface area contributed by atoms with Crippen LogP contribution in [0.4, 0.5) is 4.79 Å². The molecular weight excluding hydrogens is 612 g/mol. The fraction of sp³-hybridized carbons (Fsp3) is 0.639. The number of carbonyl (C=O) groups excluding carboxylic acids is 4. The number of aryl methyl sites for hydroxylation is 1. The van der Waals surface area contributed by atoms with Gasteiger partial charge in [-0.1, -0.05) is 18.6 Å². The van der Waals surface area contributed by atoms with Crippen molar-refractivity contribution in [3.63, 3.8) is 0 Å². The van der Waals surface area contributed by atoms with E-state index in [4.69, 9.17) is 9.47 Å². The summed E-state index contributed by atoms with van der Waals surface area (Å²) >= 11 is 0. The van der Waals surface area contributed by atoms with E-state index in [1.165, 1.54) is 4.90 Å². The van der Waals surface area contributed by atoms with Crippen molar-refractivity contribution in [3.8, 4) is 5.75 Å². The summed E-state index contributed by atoms with van der Waals surface area (Å²) in [5, 5.41) is 4.20. The van der Waals surface area contributed by atoms with Crippen LogP contribution in [0.15, 0.2) is 36.7 Å². The van der Waals surface area contributed by atoms with Gasteiger partial charge in [0.1, 0.15) is 23.9 Å². The number of nitrogens with zero attached hydrogens (tertiary/aromatic N) is 6. The molecule has 2 aliphatic heterocycles. The normalized spacial score (nSPS) is 19.4. The molecule has 1 fully saturated rings. The highest BCUT2D eigenvalue weighted by molar-refractivity contribution is 5.99. The number of para-hydroxylation sites is 1. The molecule has 4 amide bonds. The monoisotopic (exact) mass is 666 g/mol. The van der Waals surface area contributed by atoms with E-state index in [0.29, 0.717) is 56.9 Å². The predicted molar refractivity (Wildman–Crippen MR) is 183 cm³/mol. The highest BCUT2D eigenvalue weighted by atomic mass is 16.6. The molecule has 0 bridgehead atoms. The number of piperidine rings is 1. The van der Waals surface area contributed by atoms with Gasteiger partial charge in [0.25, 0.3) is 5.91 Å². The van der Waals surface area contributed by atoms with Crippen molar-refractivity contribution in [2.75, 3.05) is 53.9 Å². The SMILES string of the molecule is Cc1cnn(CC(=O)N(C)CCC[C@H]2C(=O)N(C)CCCCC3(CCN(C(=O)OC(C)(C)C)CC3)COc3ccccc3C(=O)N2C)c1. The second-order valence-corrected chi connectivity index (χ2v) is 14.6. The van der Waals surface area contributed by atoms with Crippen LogP contribution in [0.1, 0.15) is 81.6 Å². The van der Waals surface area contributed by atoms with Gasteiger partial charge < -0.3 is 29.1 Å². The van der Waals surface area contributed by atoms with E-state index in [2.05, 4.69) is 5.10 Å². The van der Waals surface area contributed by atoms with Crippen molar-refractivity contribution in [1.29, 1.82) is 0 Å². The Kier molecular flexibility index (Phi) is 12.1. The van der Waals surface area contributed by atoms with Crippen molar-refractivity contribution >= 4 is 23.8 Å². The molecule has 1 spiro atoms. The van der Waals surface area contributed by atoms with Crippen LogP contribution in [-0.4, -0.2) is 119 Å². The van der Waals surface area contributed by atoms with Gasteiger partial charge in [-0.15, -0.1) is 0 Å². The zero-order chi connectivity index (χ0) is 35.1. The molecule has 0 unspecified atom stereocenters. The summed E-state index contributed by atoms with van der Waals surface area (Å²) < 4.78 is 13.7. The molecule has 0 N–H and O–H groups in total. The quantitative estimate of drug-likeness (QED) is 0.442. The number of likely N-dealkylation sites (N-methyl/N-ethyl adjacent to an activating group) is 3. The number of aromatic nitrogens is 2. The summed E-state index contributed by atoms with van der Waals surface area (Å²) in [6, 6.07) is 6.50. The maximum absolute atomic E-state index is 14.0. The number of carbonyl (C=O) groups is 4. The molecule has 0 saturated carbocycles. The lowest BCUT2D eigenvalue weighted by Crippen LogP contribution is -2.49. The summed E-state index contributed by atoms with van der Waals surface area (Å²) in [4.78, 5) is 60.1. The van der Waals surface area contributed by atoms with Crippen LogP contribution in [0.25, 0.3) is 0 Å². The second-order valence-electron chi connectivity index (χ2n) is 14.6. The zero-order valence-electron chi connectivity index (χ0n) is 29.9. The lowest BCUT2D eigenvalue weighted by atomic mass is 9.75. The number of hydrogen-bond donors (Lipinski definition) is 0. The predicted octanol–water partition coefficient (Wildman–Crippen LogP) is 4.61. The Balaban J connectivity index is 1.46. The van der Waals surface area contributed by atoms with Crippen molar-refractivity contribution in [1.82, 2.24) is 29.4 Å². The average Bonchev–Trinajstić information content (AvgIpc) is 3.46. The topological polar surface area (TPSA) is 118 Å². The van der Waals surface area contributed by atoms with Crippen molar-refractivity contribution in [2.45, 2.75) is 90.8 Å². The Hall–Kier alpha value is -4.09. The third-order valence-corrected chi connectivity index (χ3v) is 9.48. The van der Waals surface area contributed by atoms with Gasteiger partial charge in [-0.05, 0) is 83.9 Å². The van der Waals surface area contributed by atoms with E-state index in [1.54, 1.807) is 64.9 Å². The fourth-order valence-electron chi connectivity index (χ4n) is 6.44. The molecule has 0 aliphatic carbocycles. The van der Waals surface area contributed by atoms with Crippen LogP contribution in [0, 0.1) is 12.3 Å². The summed E-state index contributed by atoms with van der Waals surface area (Å²) in [7, 11) is 5.22. The number of hydrogen-bond acceptors (Lipinski definition) is 7. The Morgan fingerprint density at radius 3 is 2.44 bits per heavy atom. The maximum Gasteiger partial charge on any atom is 0.410 e. The molecule has 12 heteroatoms. The molecule has 1 atom stereocenters. The minimum absolute atomic E-state index is 0.0728. The fourth-order valence-corrected chi connectivity index (χ4v) is 6.44. The minimum Gasteiger partial charge on any atom is -0.492 e. The van der Waals surface area contributed by atoms with Gasteiger partial charge >= 0.3 is 6.09 Å². The van der Waals surface area contributed by atoms with E-state index in [9.17, 15) is 19.2 Å². The number of amides is 4. The number of likely N-dealkylation sites (tertiary alicyclic amines) is 1. The highest BCUT2D eigenvalue weighted by Crippen LogP contribution is 2.38. The molecular formula is C36H54N6O6. The first-order valence-corrected chi connectivity index (χ1v) is 17.1. The molecule has 264 valence electrons. The maximum atomic E-state index is 14.0. The first-order chi connectivity index (χ1) is 22.7. The molecule has 12 nitrogen and oxygen atoms in total. The largest absolute Gasteiger partial charge is 0.492 e.